The number of aromatic nitrogens is 5. The normalized spacial score (nSPS) is 10.7. The molecule has 0 aliphatic rings. The van der Waals surface area contributed by atoms with Gasteiger partial charge in [0.1, 0.15) is 12.1 Å². The highest BCUT2D eigenvalue weighted by molar-refractivity contribution is 5.93. The van der Waals surface area contributed by atoms with Crippen LogP contribution in [-0.2, 0) is 0 Å². The molecule has 1 amide bonds. The van der Waals surface area contributed by atoms with E-state index < -0.39 is 0 Å². The van der Waals surface area contributed by atoms with Crippen LogP contribution in [0.3, 0.4) is 0 Å². The molecular formula is C20H19N7O2. The molecule has 0 unspecified atom stereocenters. The highest BCUT2D eigenvalue weighted by Crippen LogP contribution is 2.19. The van der Waals surface area contributed by atoms with Crippen LogP contribution >= 0.6 is 0 Å². The van der Waals surface area contributed by atoms with Crippen LogP contribution < -0.4 is 10.6 Å². The molecule has 3 aromatic heterocycles. The minimum absolute atomic E-state index is 0.238. The molecule has 0 fully saturated rings. The van der Waals surface area contributed by atoms with Crippen LogP contribution in [-0.4, -0.2) is 43.9 Å². The second kappa shape index (κ2) is 8.34. The van der Waals surface area contributed by atoms with Crippen molar-refractivity contribution in [2.45, 2.75) is 6.92 Å². The van der Waals surface area contributed by atoms with E-state index in [1.54, 1.807) is 16.8 Å². The molecule has 0 saturated carbocycles. The summed E-state index contributed by atoms with van der Waals surface area (Å²) in [4.78, 5) is 20.6. The Morgan fingerprint density at radius 1 is 1.10 bits per heavy atom. The fraction of sp³-hybridized carbons (Fsp3) is 0.150. The third kappa shape index (κ3) is 4.46. The number of carbonyl (C=O) groups is 1. The fourth-order valence-corrected chi connectivity index (χ4v) is 2.69. The zero-order valence-corrected chi connectivity index (χ0v) is 15.7. The van der Waals surface area contributed by atoms with Crippen molar-refractivity contribution in [2.75, 3.05) is 18.4 Å². The molecule has 0 radical (unpaired) electrons. The Morgan fingerprint density at radius 2 is 1.97 bits per heavy atom. The van der Waals surface area contributed by atoms with Gasteiger partial charge >= 0.3 is 0 Å². The van der Waals surface area contributed by atoms with Gasteiger partial charge in [0.05, 0.1) is 5.69 Å². The highest BCUT2D eigenvalue weighted by atomic mass is 16.5. The smallest absolute Gasteiger partial charge is 0.273 e. The maximum Gasteiger partial charge on any atom is 0.273 e. The Bertz CT molecular complexity index is 1100. The van der Waals surface area contributed by atoms with E-state index in [4.69, 9.17) is 4.52 Å². The van der Waals surface area contributed by atoms with Crippen LogP contribution in [0.15, 0.2) is 65.6 Å². The fourth-order valence-electron chi connectivity index (χ4n) is 2.69. The van der Waals surface area contributed by atoms with Gasteiger partial charge in [-0.2, -0.15) is 5.10 Å². The van der Waals surface area contributed by atoms with E-state index in [0.29, 0.717) is 30.5 Å². The van der Waals surface area contributed by atoms with E-state index in [2.05, 4.69) is 30.9 Å². The van der Waals surface area contributed by atoms with Crippen molar-refractivity contribution in [1.82, 2.24) is 30.2 Å². The molecule has 0 spiro atoms. The maximum atomic E-state index is 12.2. The summed E-state index contributed by atoms with van der Waals surface area (Å²) in [5.41, 5.74) is 2.01. The first-order chi connectivity index (χ1) is 14.2. The number of hydrogen-bond donors (Lipinski definition) is 2. The SMILES string of the molecule is Cc1ccn(-c2cc(NCCNC(=O)c3cc(-c4ccccc4)on3)ncn2)n1. The lowest BCUT2D eigenvalue weighted by molar-refractivity contribution is 0.0946. The van der Waals surface area contributed by atoms with Crippen LogP contribution in [0.25, 0.3) is 17.1 Å². The Hall–Kier alpha value is -4.01. The zero-order chi connectivity index (χ0) is 20.1. The quantitative estimate of drug-likeness (QED) is 0.467. The first-order valence-electron chi connectivity index (χ1n) is 9.08. The molecule has 0 aliphatic carbocycles. The second-order valence-corrected chi connectivity index (χ2v) is 6.29. The Morgan fingerprint density at radius 3 is 2.76 bits per heavy atom. The van der Waals surface area contributed by atoms with E-state index in [1.807, 2.05) is 49.5 Å². The van der Waals surface area contributed by atoms with Crippen LogP contribution in [0.4, 0.5) is 5.82 Å². The third-order valence-corrected chi connectivity index (χ3v) is 4.13. The predicted molar refractivity (Wildman–Crippen MR) is 107 cm³/mol. The molecule has 9 heteroatoms. The summed E-state index contributed by atoms with van der Waals surface area (Å²) in [7, 11) is 0. The van der Waals surface area contributed by atoms with Gasteiger partial charge < -0.3 is 15.2 Å². The molecule has 1 aromatic carbocycles. The van der Waals surface area contributed by atoms with Gasteiger partial charge in [-0.1, -0.05) is 35.5 Å². The summed E-state index contributed by atoms with van der Waals surface area (Å²) in [5.74, 6) is 1.56. The van der Waals surface area contributed by atoms with Crippen LogP contribution in [0.2, 0.25) is 0 Å². The molecular weight excluding hydrogens is 370 g/mol. The lowest BCUT2D eigenvalue weighted by Gasteiger charge is -2.07. The lowest BCUT2D eigenvalue weighted by atomic mass is 10.1. The number of amides is 1. The van der Waals surface area contributed by atoms with Crippen LogP contribution in [0.5, 0.6) is 0 Å². The largest absolute Gasteiger partial charge is 0.368 e. The predicted octanol–water partition coefficient (Wildman–Crippen LogP) is 2.47. The minimum Gasteiger partial charge on any atom is -0.368 e. The highest BCUT2D eigenvalue weighted by Gasteiger charge is 2.13. The molecule has 9 nitrogen and oxygen atoms in total. The van der Waals surface area contributed by atoms with Crippen molar-refractivity contribution >= 4 is 11.7 Å². The van der Waals surface area contributed by atoms with E-state index in [9.17, 15) is 4.79 Å². The molecule has 4 aromatic rings. The summed E-state index contributed by atoms with van der Waals surface area (Å²) < 4.78 is 6.93. The number of anilines is 1. The third-order valence-electron chi connectivity index (χ3n) is 4.13. The molecule has 4 rings (SSSR count). The van der Waals surface area contributed by atoms with Crippen molar-refractivity contribution in [2.24, 2.45) is 0 Å². The van der Waals surface area contributed by atoms with Gasteiger partial charge in [0, 0.05) is 37.0 Å². The van der Waals surface area contributed by atoms with Crippen molar-refractivity contribution in [3.63, 3.8) is 0 Å². The van der Waals surface area contributed by atoms with E-state index in [1.165, 1.54) is 6.33 Å². The van der Waals surface area contributed by atoms with Gasteiger partial charge in [-0.25, -0.2) is 14.6 Å². The number of nitrogens with zero attached hydrogens (tertiary/aromatic N) is 5. The summed E-state index contributed by atoms with van der Waals surface area (Å²) in [6, 6.07) is 14.8. The molecule has 146 valence electrons. The topological polar surface area (TPSA) is 111 Å². The zero-order valence-electron chi connectivity index (χ0n) is 15.7. The standard InChI is InChI=1S/C20H19N7O2/c1-14-7-10-27(25-14)19-12-18(23-13-24-19)21-8-9-22-20(28)16-11-17(29-26-16)15-5-3-2-4-6-15/h2-7,10-13H,8-9H2,1H3,(H,22,28)(H,21,23,24). The maximum absolute atomic E-state index is 12.2. The molecule has 2 N–H and O–H groups in total. The molecule has 0 bridgehead atoms. The number of benzene rings is 1. The van der Waals surface area contributed by atoms with Crippen molar-refractivity contribution < 1.29 is 9.32 Å². The number of hydrogen-bond acceptors (Lipinski definition) is 7. The number of rotatable bonds is 7. The Labute approximate surface area is 166 Å². The average Bonchev–Trinajstić information content (AvgIpc) is 3.41. The van der Waals surface area contributed by atoms with Crippen molar-refractivity contribution in [1.29, 1.82) is 0 Å². The van der Waals surface area contributed by atoms with Gasteiger partial charge in [-0.3, -0.25) is 4.79 Å². The minimum atomic E-state index is -0.298. The summed E-state index contributed by atoms with van der Waals surface area (Å²) in [6.45, 7) is 2.80. The van der Waals surface area contributed by atoms with Gasteiger partial charge in [0.15, 0.2) is 17.3 Å². The average molecular weight is 389 g/mol. The Kier molecular flexibility index (Phi) is 5.28. The van der Waals surface area contributed by atoms with Gasteiger partial charge in [0.25, 0.3) is 5.91 Å². The molecule has 0 aliphatic heterocycles. The van der Waals surface area contributed by atoms with Gasteiger partial charge in [-0.05, 0) is 13.0 Å². The number of aryl methyl sites for hydroxylation is 1. The molecule has 0 atom stereocenters. The van der Waals surface area contributed by atoms with Gasteiger partial charge in [0.2, 0.25) is 0 Å². The monoisotopic (exact) mass is 389 g/mol. The van der Waals surface area contributed by atoms with E-state index in [-0.39, 0.29) is 11.6 Å². The van der Waals surface area contributed by atoms with Crippen molar-refractivity contribution in [3.8, 4) is 17.1 Å². The number of carbonyl (C=O) groups excluding carboxylic acids is 1. The van der Waals surface area contributed by atoms with Crippen LogP contribution in [0.1, 0.15) is 16.2 Å². The first-order valence-corrected chi connectivity index (χ1v) is 9.08. The number of nitrogens with one attached hydrogen (secondary N) is 2. The first kappa shape index (κ1) is 18.4. The second-order valence-electron chi connectivity index (χ2n) is 6.29. The van der Waals surface area contributed by atoms with Crippen molar-refractivity contribution in [3.05, 3.63) is 72.4 Å². The van der Waals surface area contributed by atoms with Gasteiger partial charge in [-0.15, -0.1) is 0 Å². The molecule has 0 saturated heterocycles. The summed E-state index contributed by atoms with van der Waals surface area (Å²) in [6.07, 6.45) is 3.30. The summed E-state index contributed by atoms with van der Waals surface area (Å²) in [5, 5.41) is 14.1. The van der Waals surface area contributed by atoms with E-state index >= 15 is 0 Å². The Balaban J connectivity index is 1.29. The van der Waals surface area contributed by atoms with E-state index in [0.717, 1.165) is 11.3 Å². The molecule has 3 heterocycles. The molecule has 29 heavy (non-hydrogen) atoms. The lowest BCUT2D eigenvalue weighted by Crippen LogP contribution is -2.29. The van der Waals surface area contributed by atoms with Crippen LogP contribution in [0, 0.1) is 6.92 Å². The summed E-state index contributed by atoms with van der Waals surface area (Å²) >= 11 is 0.